The molecular weight excluding hydrogens is 440 g/mol. The van der Waals surface area contributed by atoms with E-state index in [1.165, 1.54) is 12.1 Å². The number of allylic oxidation sites excluding steroid dienone is 2. The first-order valence-electron chi connectivity index (χ1n) is 11.1. The monoisotopic (exact) mass is 467 g/mol. The molecule has 0 saturated carbocycles. The van der Waals surface area contributed by atoms with Gasteiger partial charge in [0.1, 0.15) is 17.7 Å². The van der Waals surface area contributed by atoms with Gasteiger partial charge < -0.3 is 5.11 Å². The second-order valence-electron chi connectivity index (χ2n) is 7.90. The number of aliphatic hydroxyl groups is 1. The molecule has 2 aromatic carbocycles. The lowest BCUT2D eigenvalue weighted by atomic mass is 9.78. The number of halogens is 3. The van der Waals surface area contributed by atoms with E-state index in [0.29, 0.717) is 21.7 Å². The van der Waals surface area contributed by atoms with Gasteiger partial charge in [-0.15, -0.1) is 0 Å². The number of aliphatic hydroxyl groups excluding tert-OH is 1. The minimum Gasteiger partial charge on any atom is -0.384 e. The maximum Gasteiger partial charge on any atom is 0.126 e. The minimum atomic E-state index is -1.05. The summed E-state index contributed by atoms with van der Waals surface area (Å²) in [4.78, 5) is 4.16. The molecule has 2 nitrogen and oxygen atoms in total. The quantitative estimate of drug-likeness (QED) is 0.340. The molecule has 1 unspecified atom stereocenters. The SMILES string of the molecule is CC=C(C(=C(c1cc(F)cc(F)c1)C(CC)CC)C(O)c1cccnc1)c1ccc(Cl)cc1. The molecule has 33 heavy (non-hydrogen) atoms. The number of benzene rings is 2. The van der Waals surface area contributed by atoms with Crippen LogP contribution in [0.4, 0.5) is 8.78 Å². The van der Waals surface area contributed by atoms with Crippen molar-refractivity contribution >= 4 is 22.7 Å². The van der Waals surface area contributed by atoms with Crippen LogP contribution in [0.15, 0.2) is 78.6 Å². The number of nitrogens with zero attached hydrogens (tertiary/aromatic N) is 1. The van der Waals surface area contributed by atoms with Crippen molar-refractivity contribution in [2.45, 2.75) is 39.7 Å². The van der Waals surface area contributed by atoms with Crippen LogP contribution in [0.2, 0.25) is 5.02 Å². The molecule has 0 radical (unpaired) electrons. The van der Waals surface area contributed by atoms with E-state index < -0.39 is 17.7 Å². The van der Waals surface area contributed by atoms with Gasteiger partial charge in [0.25, 0.3) is 0 Å². The number of pyridine rings is 1. The van der Waals surface area contributed by atoms with Gasteiger partial charge in [-0.05, 0) is 83.9 Å². The van der Waals surface area contributed by atoms with Crippen molar-refractivity contribution in [2.24, 2.45) is 5.92 Å². The van der Waals surface area contributed by atoms with Crippen LogP contribution in [0.3, 0.4) is 0 Å². The highest BCUT2D eigenvalue weighted by Gasteiger charge is 2.27. The molecule has 1 atom stereocenters. The van der Waals surface area contributed by atoms with Crippen LogP contribution in [0.1, 0.15) is 56.4 Å². The molecular formula is C28H28ClF2NO. The summed E-state index contributed by atoms with van der Waals surface area (Å²) < 4.78 is 28.7. The lowest BCUT2D eigenvalue weighted by Crippen LogP contribution is -2.13. The largest absolute Gasteiger partial charge is 0.384 e. The van der Waals surface area contributed by atoms with E-state index >= 15 is 0 Å². The fraction of sp³-hybridized carbons (Fsp3) is 0.250. The molecule has 0 saturated heterocycles. The van der Waals surface area contributed by atoms with Gasteiger partial charge in [-0.2, -0.15) is 0 Å². The Hall–Kier alpha value is -2.82. The zero-order valence-corrected chi connectivity index (χ0v) is 19.8. The first-order valence-corrected chi connectivity index (χ1v) is 11.5. The van der Waals surface area contributed by atoms with E-state index in [1.54, 1.807) is 36.7 Å². The normalized spacial score (nSPS) is 13.8. The second kappa shape index (κ2) is 11.4. The van der Waals surface area contributed by atoms with Gasteiger partial charge in [-0.25, -0.2) is 8.78 Å². The maximum absolute atomic E-state index is 14.3. The van der Waals surface area contributed by atoms with Crippen LogP contribution in [0, 0.1) is 17.6 Å². The Morgan fingerprint density at radius 3 is 2.15 bits per heavy atom. The van der Waals surface area contributed by atoms with Crippen LogP contribution in [-0.4, -0.2) is 10.1 Å². The first kappa shape index (κ1) is 24.8. The highest BCUT2D eigenvalue weighted by molar-refractivity contribution is 6.30. The summed E-state index contributed by atoms with van der Waals surface area (Å²) in [5.74, 6) is -1.34. The van der Waals surface area contributed by atoms with Crippen molar-refractivity contribution in [3.63, 3.8) is 0 Å². The Bertz CT molecular complexity index is 1120. The zero-order valence-electron chi connectivity index (χ0n) is 19.0. The molecule has 3 aromatic rings. The predicted molar refractivity (Wildman–Crippen MR) is 132 cm³/mol. The maximum atomic E-state index is 14.3. The first-order chi connectivity index (χ1) is 15.9. The molecule has 0 aliphatic carbocycles. The van der Waals surface area contributed by atoms with Crippen molar-refractivity contribution in [3.05, 3.63) is 112 Å². The van der Waals surface area contributed by atoms with Crippen molar-refractivity contribution in [2.75, 3.05) is 0 Å². The van der Waals surface area contributed by atoms with Crippen molar-refractivity contribution in [1.29, 1.82) is 0 Å². The summed E-state index contributed by atoms with van der Waals surface area (Å²) in [5.41, 5.74) is 3.97. The van der Waals surface area contributed by atoms with Gasteiger partial charge in [-0.1, -0.05) is 49.7 Å². The Balaban J connectivity index is 2.40. The number of aromatic nitrogens is 1. The van der Waals surface area contributed by atoms with Crippen molar-refractivity contribution in [1.82, 2.24) is 4.98 Å². The molecule has 0 aliphatic heterocycles. The van der Waals surface area contributed by atoms with Crippen LogP contribution < -0.4 is 0 Å². The van der Waals surface area contributed by atoms with Crippen LogP contribution in [-0.2, 0) is 0 Å². The third-order valence-corrected chi connectivity index (χ3v) is 6.12. The standard InChI is InChI=1S/C28H28ClF2NO/c1-4-18(5-2)26(21-14-23(30)16-24(31)15-21)27(28(33)20-8-7-13-32-17-20)25(6-3)19-9-11-22(29)12-10-19/h6-18,28,33H,4-5H2,1-3H3. The van der Waals surface area contributed by atoms with Crippen LogP contribution in [0.25, 0.3) is 11.1 Å². The Morgan fingerprint density at radius 2 is 1.64 bits per heavy atom. The summed E-state index contributed by atoms with van der Waals surface area (Å²) in [6.07, 6.45) is 5.59. The van der Waals surface area contributed by atoms with Crippen molar-refractivity contribution in [3.8, 4) is 0 Å². The van der Waals surface area contributed by atoms with Crippen LogP contribution >= 0.6 is 11.6 Å². The topological polar surface area (TPSA) is 33.1 Å². The second-order valence-corrected chi connectivity index (χ2v) is 8.33. The van der Waals surface area contributed by atoms with E-state index in [-0.39, 0.29) is 5.92 Å². The number of hydrogen-bond donors (Lipinski definition) is 1. The third kappa shape index (κ3) is 5.76. The molecule has 1 aromatic heterocycles. The van der Waals surface area contributed by atoms with E-state index in [9.17, 15) is 13.9 Å². The Kier molecular flexibility index (Phi) is 8.54. The number of rotatable bonds is 8. The van der Waals surface area contributed by atoms with Crippen LogP contribution in [0.5, 0.6) is 0 Å². The van der Waals surface area contributed by atoms with E-state index in [4.69, 9.17) is 11.6 Å². The van der Waals surface area contributed by atoms with Gasteiger partial charge in [0, 0.05) is 29.0 Å². The number of hydrogen-bond acceptors (Lipinski definition) is 2. The molecule has 1 N–H and O–H groups in total. The Labute approximate surface area is 199 Å². The van der Waals surface area contributed by atoms with Gasteiger partial charge in [0.15, 0.2) is 0 Å². The summed E-state index contributed by atoms with van der Waals surface area (Å²) in [5, 5.41) is 12.3. The summed E-state index contributed by atoms with van der Waals surface area (Å²) in [6.45, 7) is 5.96. The van der Waals surface area contributed by atoms with Gasteiger partial charge in [-0.3, -0.25) is 4.98 Å². The van der Waals surface area contributed by atoms with Gasteiger partial charge >= 0.3 is 0 Å². The van der Waals surface area contributed by atoms with Gasteiger partial charge in [0.2, 0.25) is 0 Å². The summed E-state index contributed by atoms with van der Waals surface area (Å²) >= 11 is 6.11. The zero-order chi connectivity index (χ0) is 24.0. The molecule has 5 heteroatoms. The molecule has 1 heterocycles. The molecule has 3 rings (SSSR count). The van der Waals surface area contributed by atoms with E-state index in [1.807, 2.05) is 39.0 Å². The lowest BCUT2D eigenvalue weighted by molar-refractivity contribution is 0.220. The van der Waals surface area contributed by atoms with E-state index in [2.05, 4.69) is 4.98 Å². The highest BCUT2D eigenvalue weighted by Crippen LogP contribution is 2.43. The molecule has 0 aliphatic rings. The molecule has 0 fully saturated rings. The fourth-order valence-corrected chi connectivity index (χ4v) is 4.39. The molecule has 0 spiro atoms. The average molecular weight is 468 g/mol. The van der Waals surface area contributed by atoms with E-state index in [0.717, 1.165) is 35.6 Å². The molecule has 0 bridgehead atoms. The Morgan fingerprint density at radius 1 is 1.00 bits per heavy atom. The van der Waals surface area contributed by atoms with Gasteiger partial charge in [0.05, 0.1) is 0 Å². The predicted octanol–water partition coefficient (Wildman–Crippen LogP) is 8.04. The smallest absolute Gasteiger partial charge is 0.126 e. The van der Waals surface area contributed by atoms with Crippen molar-refractivity contribution < 1.29 is 13.9 Å². The summed E-state index contributed by atoms with van der Waals surface area (Å²) in [7, 11) is 0. The third-order valence-electron chi connectivity index (χ3n) is 5.87. The highest BCUT2D eigenvalue weighted by atomic mass is 35.5. The molecule has 172 valence electrons. The minimum absolute atomic E-state index is 0.0326. The fourth-order valence-electron chi connectivity index (χ4n) is 4.27. The summed E-state index contributed by atoms with van der Waals surface area (Å²) in [6, 6.07) is 14.4. The molecule has 0 amide bonds. The lowest BCUT2D eigenvalue weighted by Gasteiger charge is -2.28. The average Bonchev–Trinajstić information content (AvgIpc) is 2.81.